The average Bonchev–Trinajstić information content (AvgIpc) is 2.36. The van der Waals surface area contributed by atoms with Gasteiger partial charge in [0.15, 0.2) is 0 Å². The number of nitrogens with one attached hydrogen (secondary N) is 1. The van der Waals surface area contributed by atoms with Crippen LogP contribution in [0.2, 0.25) is 0 Å². The van der Waals surface area contributed by atoms with Crippen LogP contribution in [-0.2, 0) is 0 Å². The maximum atomic E-state index is 5.93. The van der Waals surface area contributed by atoms with Gasteiger partial charge >= 0.3 is 0 Å². The van der Waals surface area contributed by atoms with E-state index in [0.717, 1.165) is 12.8 Å². The first-order chi connectivity index (χ1) is 8.13. The van der Waals surface area contributed by atoms with E-state index in [-0.39, 0.29) is 5.54 Å². The van der Waals surface area contributed by atoms with E-state index in [1.54, 1.807) is 12.3 Å². The summed E-state index contributed by atoms with van der Waals surface area (Å²) in [6, 6.07) is 1.75. The molecule has 0 fully saturated rings. The average molecular weight is 258 g/mol. The van der Waals surface area contributed by atoms with Gasteiger partial charge < -0.3 is 10.1 Å². The first-order valence-electron chi connectivity index (χ1n) is 5.93. The third-order valence-electron chi connectivity index (χ3n) is 2.57. The third-order valence-corrected chi connectivity index (χ3v) is 3.16. The molecule has 4 nitrogen and oxygen atoms in total. The van der Waals surface area contributed by atoms with Crippen molar-refractivity contribution < 1.29 is 4.74 Å². The molecule has 0 bridgehead atoms. The summed E-state index contributed by atoms with van der Waals surface area (Å²) in [6.45, 7) is 6.84. The van der Waals surface area contributed by atoms with Gasteiger partial charge in [0.1, 0.15) is 0 Å². The van der Waals surface area contributed by atoms with E-state index in [9.17, 15) is 0 Å². The van der Waals surface area contributed by atoms with Gasteiger partial charge in [-0.25, -0.2) is 4.98 Å². The van der Waals surface area contributed by atoms with Crippen molar-refractivity contribution in [1.29, 1.82) is 0 Å². The van der Waals surface area contributed by atoms with E-state index in [4.69, 9.17) is 16.3 Å². The molecule has 96 valence electrons. The number of hydrogen-bond donors (Lipinski definition) is 1. The zero-order valence-corrected chi connectivity index (χ0v) is 11.4. The molecule has 0 aliphatic carbocycles. The number of halogens is 1. The molecule has 1 rings (SSSR count). The molecule has 1 unspecified atom stereocenters. The molecule has 1 aromatic heterocycles. The lowest BCUT2D eigenvalue weighted by molar-refractivity contribution is 0.305. The minimum Gasteiger partial charge on any atom is -0.478 e. The SMILES string of the molecule is CCCOc1ccnc(NC(C)(CC)CCl)n1. The van der Waals surface area contributed by atoms with E-state index in [1.165, 1.54) is 0 Å². The number of aromatic nitrogens is 2. The van der Waals surface area contributed by atoms with Gasteiger partial charge in [0.05, 0.1) is 12.1 Å². The van der Waals surface area contributed by atoms with Crippen LogP contribution in [0.4, 0.5) is 5.95 Å². The zero-order chi connectivity index (χ0) is 12.7. The van der Waals surface area contributed by atoms with E-state index >= 15 is 0 Å². The highest BCUT2D eigenvalue weighted by Gasteiger charge is 2.21. The first-order valence-corrected chi connectivity index (χ1v) is 6.47. The van der Waals surface area contributed by atoms with Gasteiger partial charge in [-0.1, -0.05) is 13.8 Å². The van der Waals surface area contributed by atoms with Gasteiger partial charge in [-0.2, -0.15) is 4.98 Å². The second-order valence-corrected chi connectivity index (χ2v) is 4.51. The van der Waals surface area contributed by atoms with E-state index < -0.39 is 0 Å². The Morgan fingerprint density at radius 2 is 2.24 bits per heavy atom. The minimum atomic E-state index is -0.190. The predicted molar refractivity (Wildman–Crippen MR) is 70.9 cm³/mol. The number of rotatable bonds is 7. The van der Waals surface area contributed by atoms with Crippen LogP contribution < -0.4 is 10.1 Å². The lowest BCUT2D eigenvalue weighted by Crippen LogP contribution is -2.36. The van der Waals surface area contributed by atoms with Crippen LogP contribution in [0.15, 0.2) is 12.3 Å². The number of alkyl halides is 1. The summed E-state index contributed by atoms with van der Waals surface area (Å²) in [7, 11) is 0. The Hall–Kier alpha value is -1.03. The van der Waals surface area contributed by atoms with Gasteiger partial charge in [-0.05, 0) is 19.8 Å². The van der Waals surface area contributed by atoms with Gasteiger partial charge in [0, 0.05) is 18.1 Å². The van der Waals surface area contributed by atoms with Crippen LogP contribution in [0.5, 0.6) is 5.88 Å². The lowest BCUT2D eigenvalue weighted by Gasteiger charge is -2.26. The molecule has 0 spiro atoms. The van der Waals surface area contributed by atoms with Gasteiger partial charge in [-0.3, -0.25) is 0 Å². The standard InChI is InChI=1S/C12H20ClN3O/c1-4-8-17-10-6-7-14-11(15-10)16-12(3,5-2)9-13/h6-7H,4-5,8-9H2,1-3H3,(H,14,15,16). The van der Waals surface area contributed by atoms with E-state index in [0.29, 0.717) is 24.3 Å². The smallest absolute Gasteiger partial charge is 0.226 e. The predicted octanol–water partition coefficient (Wildman–Crippen LogP) is 3.08. The molecule has 17 heavy (non-hydrogen) atoms. The van der Waals surface area contributed by atoms with Crippen molar-refractivity contribution in [2.45, 2.75) is 39.2 Å². The fourth-order valence-electron chi connectivity index (χ4n) is 1.18. The summed E-state index contributed by atoms with van der Waals surface area (Å²) in [4.78, 5) is 8.46. The quantitative estimate of drug-likeness (QED) is 0.763. The molecule has 0 aliphatic rings. The van der Waals surface area contributed by atoms with Gasteiger partial charge in [-0.15, -0.1) is 11.6 Å². The zero-order valence-electron chi connectivity index (χ0n) is 10.7. The summed E-state index contributed by atoms with van der Waals surface area (Å²) < 4.78 is 5.45. The first kappa shape index (κ1) is 14.0. The van der Waals surface area contributed by atoms with E-state index in [2.05, 4.69) is 29.1 Å². The Morgan fingerprint density at radius 1 is 1.47 bits per heavy atom. The Balaban J connectivity index is 2.71. The Kier molecular flexibility index (Phi) is 5.48. The monoisotopic (exact) mass is 257 g/mol. The minimum absolute atomic E-state index is 0.190. The number of nitrogens with zero attached hydrogens (tertiary/aromatic N) is 2. The van der Waals surface area contributed by atoms with Crippen LogP contribution in [0, 0.1) is 0 Å². The fraction of sp³-hybridized carbons (Fsp3) is 0.667. The van der Waals surface area contributed by atoms with Crippen LogP contribution in [0.3, 0.4) is 0 Å². The number of hydrogen-bond acceptors (Lipinski definition) is 4. The molecule has 0 amide bonds. The largest absolute Gasteiger partial charge is 0.478 e. The molecule has 1 N–H and O–H groups in total. The van der Waals surface area contributed by atoms with Crippen molar-refractivity contribution in [1.82, 2.24) is 9.97 Å². The molecular formula is C12H20ClN3O. The van der Waals surface area contributed by atoms with Crippen molar-refractivity contribution in [3.8, 4) is 5.88 Å². The highest BCUT2D eigenvalue weighted by atomic mass is 35.5. The number of anilines is 1. The molecule has 1 aromatic rings. The second-order valence-electron chi connectivity index (χ2n) is 4.24. The highest BCUT2D eigenvalue weighted by molar-refractivity contribution is 6.18. The molecule has 5 heteroatoms. The lowest BCUT2D eigenvalue weighted by atomic mass is 10.0. The van der Waals surface area contributed by atoms with Crippen molar-refractivity contribution in [2.24, 2.45) is 0 Å². The summed E-state index contributed by atoms with van der Waals surface area (Å²) >= 11 is 5.93. The van der Waals surface area contributed by atoms with Crippen molar-refractivity contribution in [2.75, 3.05) is 17.8 Å². The molecular weight excluding hydrogens is 238 g/mol. The van der Waals surface area contributed by atoms with E-state index in [1.807, 2.05) is 6.92 Å². The maximum Gasteiger partial charge on any atom is 0.226 e. The van der Waals surface area contributed by atoms with Crippen LogP contribution in [0.1, 0.15) is 33.6 Å². The summed E-state index contributed by atoms with van der Waals surface area (Å²) in [5.74, 6) is 1.66. The van der Waals surface area contributed by atoms with Gasteiger partial charge in [0.25, 0.3) is 0 Å². The number of ether oxygens (including phenoxy) is 1. The highest BCUT2D eigenvalue weighted by Crippen LogP contribution is 2.18. The van der Waals surface area contributed by atoms with Gasteiger partial charge in [0.2, 0.25) is 11.8 Å². The van der Waals surface area contributed by atoms with Crippen LogP contribution >= 0.6 is 11.6 Å². The van der Waals surface area contributed by atoms with Crippen molar-refractivity contribution in [3.63, 3.8) is 0 Å². The second kappa shape index (κ2) is 6.64. The summed E-state index contributed by atoms with van der Waals surface area (Å²) in [5.41, 5.74) is -0.190. The van der Waals surface area contributed by atoms with Crippen molar-refractivity contribution >= 4 is 17.5 Å². The summed E-state index contributed by atoms with van der Waals surface area (Å²) in [5, 5.41) is 3.24. The molecule has 1 atom stereocenters. The molecule has 0 aliphatic heterocycles. The fourth-order valence-corrected chi connectivity index (χ4v) is 1.43. The van der Waals surface area contributed by atoms with Crippen molar-refractivity contribution in [3.05, 3.63) is 12.3 Å². The van der Waals surface area contributed by atoms with Crippen LogP contribution in [0.25, 0.3) is 0 Å². The topological polar surface area (TPSA) is 47.0 Å². The molecule has 0 aromatic carbocycles. The Morgan fingerprint density at radius 3 is 2.82 bits per heavy atom. The normalized spacial score (nSPS) is 14.1. The van der Waals surface area contributed by atoms with Crippen LogP contribution in [-0.4, -0.2) is 28.0 Å². The Bertz CT molecular complexity index is 342. The molecule has 0 radical (unpaired) electrons. The Labute approximate surface area is 108 Å². The maximum absolute atomic E-state index is 5.93. The summed E-state index contributed by atoms with van der Waals surface area (Å²) in [6.07, 6.45) is 3.55. The third kappa shape index (κ3) is 4.38. The molecule has 0 saturated carbocycles. The molecule has 0 saturated heterocycles. The molecule has 1 heterocycles.